The average molecular weight is 552 g/mol. The van der Waals surface area contributed by atoms with Gasteiger partial charge in [-0.05, 0) is 32.9 Å². The molecule has 196 valence electrons. The molecule has 0 bridgehead atoms. The molecular weight excluding hydrogens is 526 g/mol. The standard InChI is InChI=1S/C25H25N7O4S2/c1-14-6-5-7-18(10-14)23(34)26-16(3)22-29-30-25(31(22)4)38-13-21(33)28-24-27-19(12-37-24)17-9-8-15(2)20(11-17)32(35)36/h5-12,16H,13H2,1-4H3,(H,26,34)(H,27,28,33)/t16-/m1/s1. The highest BCUT2D eigenvalue weighted by atomic mass is 32.2. The first kappa shape index (κ1) is 26.9. The Balaban J connectivity index is 1.34. The van der Waals surface area contributed by atoms with Crippen molar-refractivity contribution in [3.63, 3.8) is 0 Å². The fraction of sp³-hybridized carbons (Fsp3) is 0.240. The summed E-state index contributed by atoms with van der Waals surface area (Å²) in [4.78, 5) is 40.3. The van der Waals surface area contributed by atoms with Crippen molar-refractivity contribution in [1.29, 1.82) is 0 Å². The molecule has 0 fully saturated rings. The number of nitro benzene ring substituents is 1. The number of nitro groups is 1. The third-order valence-corrected chi connectivity index (χ3v) is 7.45. The largest absolute Gasteiger partial charge is 0.342 e. The summed E-state index contributed by atoms with van der Waals surface area (Å²) in [6, 6.07) is 11.8. The molecule has 38 heavy (non-hydrogen) atoms. The zero-order valence-electron chi connectivity index (χ0n) is 21.1. The molecule has 2 heterocycles. The third kappa shape index (κ3) is 6.23. The fourth-order valence-corrected chi connectivity index (χ4v) is 5.13. The molecule has 2 amide bonds. The van der Waals surface area contributed by atoms with Crippen LogP contribution in [0.5, 0.6) is 0 Å². The Morgan fingerprint density at radius 3 is 2.71 bits per heavy atom. The third-order valence-electron chi connectivity index (χ3n) is 5.67. The number of anilines is 1. The minimum absolute atomic E-state index is 0.0181. The van der Waals surface area contributed by atoms with Crippen LogP contribution in [0, 0.1) is 24.0 Å². The molecule has 0 spiro atoms. The van der Waals surface area contributed by atoms with Gasteiger partial charge in [-0.1, -0.05) is 41.6 Å². The molecule has 4 rings (SSSR count). The van der Waals surface area contributed by atoms with Gasteiger partial charge in [0.1, 0.15) is 0 Å². The second-order valence-electron chi connectivity index (χ2n) is 8.60. The number of amides is 2. The van der Waals surface area contributed by atoms with Gasteiger partial charge in [-0.25, -0.2) is 4.98 Å². The summed E-state index contributed by atoms with van der Waals surface area (Å²) in [7, 11) is 1.78. The summed E-state index contributed by atoms with van der Waals surface area (Å²) in [5, 5.41) is 27.9. The first-order valence-electron chi connectivity index (χ1n) is 11.5. The number of aryl methyl sites for hydroxylation is 2. The van der Waals surface area contributed by atoms with Gasteiger partial charge in [0.15, 0.2) is 16.1 Å². The van der Waals surface area contributed by atoms with Crippen molar-refractivity contribution in [2.75, 3.05) is 11.1 Å². The van der Waals surface area contributed by atoms with Gasteiger partial charge in [-0.3, -0.25) is 19.7 Å². The molecule has 0 aliphatic heterocycles. The van der Waals surface area contributed by atoms with E-state index in [1.807, 2.05) is 32.0 Å². The second-order valence-corrected chi connectivity index (χ2v) is 10.4. The Morgan fingerprint density at radius 1 is 1.18 bits per heavy atom. The Labute approximate surface area is 226 Å². The zero-order chi connectivity index (χ0) is 27.4. The van der Waals surface area contributed by atoms with Crippen LogP contribution in [0.2, 0.25) is 0 Å². The van der Waals surface area contributed by atoms with Crippen molar-refractivity contribution in [3.8, 4) is 11.3 Å². The summed E-state index contributed by atoms with van der Waals surface area (Å²) < 4.78 is 1.74. The molecule has 0 aliphatic rings. The van der Waals surface area contributed by atoms with E-state index in [4.69, 9.17) is 0 Å². The van der Waals surface area contributed by atoms with Crippen LogP contribution in [0.3, 0.4) is 0 Å². The fourth-order valence-electron chi connectivity index (χ4n) is 3.67. The quantitative estimate of drug-likeness (QED) is 0.173. The lowest BCUT2D eigenvalue weighted by Crippen LogP contribution is -2.28. The molecule has 4 aromatic rings. The summed E-state index contributed by atoms with van der Waals surface area (Å²) in [6.45, 7) is 5.42. The predicted molar refractivity (Wildman–Crippen MR) is 146 cm³/mol. The number of aromatic nitrogens is 4. The Morgan fingerprint density at radius 2 is 1.97 bits per heavy atom. The number of carbonyl (C=O) groups excluding carboxylic acids is 2. The number of rotatable bonds is 9. The zero-order valence-corrected chi connectivity index (χ0v) is 22.7. The van der Waals surface area contributed by atoms with E-state index in [0.29, 0.717) is 38.5 Å². The van der Waals surface area contributed by atoms with Gasteiger partial charge in [0.2, 0.25) is 5.91 Å². The number of carbonyl (C=O) groups is 2. The van der Waals surface area contributed by atoms with Crippen molar-refractivity contribution in [3.05, 3.63) is 80.5 Å². The molecule has 11 nitrogen and oxygen atoms in total. The number of benzene rings is 2. The monoisotopic (exact) mass is 551 g/mol. The van der Waals surface area contributed by atoms with Crippen LogP contribution in [0.4, 0.5) is 10.8 Å². The van der Waals surface area contributed by atoms with Gasteiger partial charge in [0.25, 0.3) is 11.6 Å². The van der Waals surface area contributed by atoms with Gasteiger partial charge < -0.3 is 15.2 Å². The summed E-state index contributed by atoms with van der Waals surface area (Å²) in [5.74, 6) is 0.142. The van der Waals surface area contributed by atoms with Gasteiger partial charge in [-0.2, -0.15) is 0 Å². The van der Waals surface area contributed by atoms with Crippen LogP contribution < -0.4 is 10.6 Å². The van der Waals surface area contributed by atoms with Crippen molar-refractivity contribution in [1.82, 2.24) is 25.1 Å². The minimum Gasteiger partial charge on any atom is -0.342 e. The van der Waals surface area contributed by atoms with Gasteiger partial charge in [-0.15, -0.1) is 21.5 Å². The summed E-state index contributed by atoms with van der Waals surface area (Å²) in [6.07, 6.45) is 0. The lowest BCUT2D eigenvalue weighted by molar-refractivity contribution is -0.385. The minimum atomic E-state index is -0.429. The number of hydrogen-bond acceptors (Lipinski definition) is 9. The molecule has 2 aromatic carbocycles. The molecule has 1 atom stereocenters. The first-order valence-corrected chi connectivity index (χ1v) is 13.4. The summed E-state index contributed by atoms with van der Waals surface area (Å²) >= 11 is 2.44. The molecule has 2 N–H and O–H groups in total. The normalized spacial score (nSPS) is 11.7. The molecule has 0 aliphatic carbocycles. The van der Waals surface area contributed by atoms with E-state index in [-0.39, 0.29) is 23.3 Å². The molecule has 0 saturated heterocycles. The van der Waals surface area contributed by atoms with Crippen LogP contribution in [-0.4, -0.2) is 42.2 Å². The van der Waals surface area contributed by atoms with E-state index in [2.05, 4.69) is 25.8 Å². The topological polar surface area (TPSA) is 145 Å². The number of hydrogen-bond donors (Lipinski definition) is 2. The van der Waals surface area contributed by atoms with E-state index in [1.165, 1.54) is 29.2 Å². The molecule has 0 radical (unpaired) electrons. The van der Waals surface area contributed by atoms with Crippen molar-refractivity contribution < 1.29 is 14.5 Å². The van der Waals surface area contributed by atoms with Crippen molar-refractivity contribution in [2.24, 2.45) is 7.05 Å². The molecule has 13 heteroatoms. The average Bonchev–Trinajstić information content (AvgIpc) is 3.49. The maximum Gasteiger partial charge on any atom is 0.272 e. The molecule has 2 aromatic heterocycles. The lowest BCUT2D eigenvalue weighted by atomic mass is 10.1. The highest BCUT2D eigenvalue weighted by molar-refractivity contribution is 7.99. The van der Waals surface area contributed by atoms with Gasteiger partial charge >= 0.3 is 0 Å². The van der Waals surface area contributed by atoms with Gasteiger partial charge in [0.05, 0.1) is 22.4 Å². The second kappa shape index (κ2) is 11.5. The van der Waals surface area contributed by atoms with E-state index < -0.39 is 11.0 Å². The molecular formula is C25H25N7O4S2. The Bertz CT molecular complexity index is 1520. The smallest absolute Gasteiger partial charge is 0.272 e. The highest BCUT2D eigenvalue weighted by Gasteiger charge is 2.20. The lowest BCUT2D eigenvalue weighted by Gasteiger charge is -2.14. The van der Waals surface area contributed by atoms with E-state index in [9.17, 15) is 19.7 Å². The maximum atomic E-state index is 12.6. The van der Waals surface area contributed by atoms with E-state index in [0.717, 1.165) is 5.56 Å². The van der Waals surface area contributed by atoms with Crippen LogP contribution in [0.1, 0.15) is 40.3 Å². The van der Waals surface area contributed by atoms with Crippen molar-refractivity contribution >= 4 is 45.7 Å². The highest BCUT2D eigenvalue weighted by Crippen LogP contribution is 2.29. The van der Waals surface area contributed by atoms with Crippen molar-refractivity contribution in [2.45, 2.75) is 32.0 Å². The maximum absolute atomic E-state index is 12.6. The Hall–Kier alpha value is -4.10. The van der Waals surface area contributed by atoms with E-state index >= 15 is 0 Å². The molecule has 0 saturated carbocycles. The van der Waals surface area contributed by atoms with Crippen LogP contribution in [-0.2, 0) is 11.8 Å². The number of nitrogens with one attached hydrogen (secondary N) is 2. The predicted octanol–water partition coefficient (Wildman–Crippen LogP) is 4.69. The SMILES string of the molecule is Cc1cccc(C(=O)N[C@H](C)c2nnc(SCC(=O)Nc3nc(-c4ccc(C)c([N+](=O)[O-])c4)cs3)n2C)c1. The first-order chi connectivity index (χ1) is 18.1. The van der Waals surface area contributed by atoms with E-state index in [1.54, 1.807) is 42.1 Å². The number of thioether (sulfide) groups is 1. The number of thiazole rings is 1. The Kier molecular flexibility index (Phi) is 8.17. The van der Waals surface area contributed by atoms with Crippen LogP contribution in [0.15, 0.2) is 53.0 Å². The summed E-state index contributed by atoms with van der Waals surface area (Å²) in [5.41, 5.74) is 3.29. The van der Waals surface area contributed by atoms with Crippen LogP contribution >= 0.6 is 23.1 Å². The van der Waals surface area contributed by atoms with Gasteiger partial charge in [0, 0.05) is 35.2 Å². The molecule has 0 unspecified atom stereocenters. The number of nitrogens with zero attached hydrogens (tertiary/aromatic N) is 5. The van der Waals surface area contributed by atoms with Crippen LogP contribution in [0.25, 0.3) is 11.3 Å².